The minimum absolute atomic E-state index is 0.156. The Balaban J connectivity index is 1.62. The third kappa shape index (κ3) is 8.93. The highest BCUT2D eigenvalue weighted by Gasteiger charge is 2.26. The van der Waals surface area contributed by atoms with Crippen LogP contribution in [-0.2, 0) is 28.7 Å². The molecule has 208 valence electrons. The van der Waals surface area contributed by atoms with Crippen molar-refractivity contribution >= 4 is 57.3 Å². The molecule has 1 amide bonds. The number of halogens is 2. The van der Waals surface area contributed by atoms with Crippen molar-refractivity contribution in [1.82, 2.24) is 5.43 Å². The van der Waals surface area contributed by atoms with E-state index >= 15 is 0 Å². The number of hydrogen-bond acceptors (Lipinski definition) is 4. The topological polar surface area (TPSA) is 70.9 Å². The predicted molar refractivity (Wildman–Crippen MR) is 177 cm³/mol. The normalized spacial score (nSPS) is 12.1. The van der Waals surface area contributed by atoms with Crippen molar-refractivity contribution in [2.45, 2.75) is 78.7 Å². The van der Waals surface area contributed by atoms with Crippen molar-refractivity contribution in [3.63, 3.8) is 0 Å². The van der Waals surface area contributed by atoms with E-state index in [4.69, 9.17) is 4.74 Å². The van der Waals surface area contributed by atoms with E-state index in [2.05, 4.69) is 122 Å². The van der Waals surface area contributed by atoms with E-state index in [0.717, 1.165) is 40.7 Å². The van der Waals surface area contributed by atoms with Crippen LogP contribution in [0.3, 0.4) is 0 Å². The Hall–Kier alpha value is -2.14. The van der Waals surface area contributed by atoms with E-state index in [-0.39, 0.29) is 16.7 Å². The molecule has 0 aliphatic heterocycles. The van der Waals surface area contributed by atoms with Gasteiger partial charge in [-0.15, -0.1) is 0 Å². The molecule has 2 N–H and O–H groups in total. The summed E-state index contributed by atoms with van der Waals surface area (Å²) in [7, 11) is 0. The maximum Gasteiger partial charge on any atom is 0.240 e. The molecule has 0 saturated heterocycles. The summed E-state index contributed by atoms with van der Waals surface area (Å²) < 4.78 is 8.07. The number of carbonyl (C=O) groups excluding carboxylic acids is 1. The number of nitrogens with one attached hydrogen (secondary N) is 1. The number of carbonyl (C=O) groups is 1. The number of hydrazone groups is 1. The van der Waals surface area contributed by atoms with Gasteiger partial charge < -0.3 is 9.84 Å². The summed E-state index contributed by atoms with van der Waals surface area (Å²) in [6, 6.07) is 16.3. The molecule has 0 radical (unpaired) electrons. The fraction of sp³-hybridized carbons (Fsp3) is 0.375. The molecule has 0 aliphatic rings. The summed E-state index contributed by atoms with van der Waals surface area (Å²) in [5.74, 6) is 1.04. The molecule has 3 aromatic rings. The molecule has 5 nitrogen and oxygen atoms in total. The summed E-state index contributed by atoms with van der Waals surface area (Å²) in [4.78, 5) is 12.6. The van der Waals surface area contributed by atoms with Crippen LogP contribution < -0.4 is 10.2 Å². The van der Waals surface area contributed by atoms with Crippen molar-refractivity contribution in [2.24, 2.45) is 5.10 Å². The molecular weight excluding hydrogens is 714 g/mol. The molecule has 0 spiro atoms. The number of aryl methyl sites for hydroxylation is 2. The number of aromatic hydroxyl groups is 1. The summed E-state index contributed by atoms with van der Waals surface area (Å²) in [5.41, 5.74) is 8.30. The van der Waals surface area contributed by atoms with Crippen LogP contribution in [0.2, 0.25) is 0 Å². The van der Waals surface area contributed by atoms with Gasteiger partial charge in [-0.25, -0.2) is 5.43 Å². The highest BCUT2D eigenvalue weighted by atomic mass is 127. The summed E-state index contributed by atoms with van der Waals surface area (Å²) in [5, 5.41) is 15.1. The van der Waals surface area contributed by atoms with Crippen LogP contribution in [0.5, 0.6) is 11.5 Å². The average molecular weight is 752 g/mol. The molecule has 0 aliphatic carbocycles. The second-order valence-corrected chi connectivity index (χ2v) is 14.2. The Bertz CT molecular complexity index is 1310. The van der Waals surface area contributed by atoms with Crippen molar-refractivity contribution in [3.05, 3.63) is 89.1 Å². The molecule has 0 aromatic heterocycles. The lowest BCUT2D eigenvalue weighted by molar-refractivity contribution is -0.121. The second kappa shape index (κ2) is 13.0. The first-order valence-corrected chi connectivity index (χ1v) is 15.2. The molecule has 0 unspecified atom stereocenters. The zero-order valence-corrected chi connectivity index (χ0v) is 28.1. The maximum atomic E-state index is 12.6. The molecule has 39 heavy (non-hydrogen) atoms. The minimum Gasteiger partial charge on any atom is -0.507 e. The Morgan fingerprint density at radius 3 is 2.08 bits per heavy atom. The van der Waals surface area contributed by atoms with Gasteiger partial charge in [0.2, 0.25) is 5.91 Å². The monoisotopic (exact) mass is 752 g/mol. The number of phenolic OH excluding ortho intramolecular Hbond substituents is 1. The van der Waals surface area contributed by atoms with E-state index in [1.807, 2.05) is 30.3 Å². The largest absolute Gasteiger partial charge is 0.507 e. The lowest BCUT2D eigenvalue weighted by Crippen LogP contribution is -2.20. The van der Waals surface area contributed by atoms with Gasteiger partial charge in [-0.05, 0) is 109 Å². The van der Waals surface area contributed by atoms with E-state index in [9.17, 15) is 9.90 Å². The number of amides is 1. The van der Waals surface area contributed by atoms with Crippen LogP contribution >= 0.6 is 45.2 Å². The minimum atomic E-state index is -0.206. The molecule has 3 rings (SSSR count). The summed E-state index contributed by atoms with van der Waals surface area (Å²) in [6.07, 6.45) is 2.52. The van der Waals surface area contributed by atoms with Crippen molar-refractivity contribution in [2.75, 3.05) is 0 Å². The fourth-order valence-electron chi connectivity index (χ4n) is 4.22. The third-order valence-corrected chi connectivity index (χ3v) is 7.92. The number of ether oxygens (including phenoxy) is 1. The molecule has 0 fully saturated rings. The van der Waals surface area contributed by atoms with E-state index in [1.54, 1.807) is 6.21 Å². The van der Waals surface area contributed by atoms with Crippen LogP contribution in [-0.4, -0.2) is 17.2 Å². The summed E-state index contributed by atoms with van der Waals surface area (Å²) >= 11 is 4.54. The average Bonchev–Trinajstić information content (AvgIpc) is 2.81. The van der Waals surface area contributed by atoms with Gasteiger partial charge in [-0.3, -0.25) is 4.79 Å². The molecule has 0 bridgehead atoms. The first-order valence-electron chi connectivity index (χ1n) is 13.0. The first-order chi connectivity index (χ1) is 18.1. The van der Waals surface area contributed by atoms with Crippen LogP contribution in [0.4, 0.5) is 0 Å². The second-order valence-electron chi connectivity index (χ2n) is 11.9. The molecule has 7 heteroatoms. The Morgan fingerprint density at radius 2 is 1.54 bits per heavy atom. The SMILES string of the molecule is Cc1cccc(COc2c(I)cc(/C=N\NC(=O)CCc3cc(C(C)(C)C)c(O)c(C(C)(C)C)c3)cc2I)c1. The number of rotatable bonds is 8. The number of benzene rings is 3. The Kier molecular flexibility index (Phi) is 10.5. The zero-order valence-electron chi connectivity index (χ0n) is 23.8. The van der Waals surface area contributed by atoms with Crippen LogP contribution in [0.1, 0.15) is 81.3 Å². The van der Waals surface area contributed by atoms with Gasteiger partial charge in [0.05, 0.1) is 13.4 Å². The van der Waals surface area contributed by atoms with Gasteiger partial charge in [-0.1, -0.05) is 83.5 Å². The van der Waals surface area contributed by atoms with E-state index in [1.165, 1.54) is 5.56 Å². The van der Waals surface area contributed by atoms with Gasteiger partial charge in [0.25, 0.3) is 0 Å². The van der Waals surface area contributed by atoms with Gasteiger partial charge in [0, 0.05) is 6.42 Å². The van der Waals surface area contributed by atoms with Crippen molar-refractivity contribution < 1.29 is 14.6 Å². The number of hydrogen-bond donors (Lipinski definition) is 2. The van der Waals surface area contributed by atoms with Gasteiger partial charge in [0.1, 0.15) is 18.1 Å². The van der Waals surface area contributed by atoms with Gasteiger partial charge in [0.15, 0.2) is 0 Å². The Labute approximate surface area is 260 Å². The van der Waals surface area contributed by atoms with Crippen molar-refractivity contribution in [3.8, 4) is 11.5 Å². The number of nitrogens with zero attached hydrogens (tertiary/aromatic N) is 1. The lowest BCUT2D eigenvalue weighted by Gasteiger charge is -2.28. The molecule has 0 atom stereocenters. The molecular formula is C32H38I2N2O3. The van der Waals surface area contributed by atoms with Crippen LogP contribution in [0, 0.1) is 14.1 Å². The van der Waals surface area contributed by atoms with Gasteiger partial charge >= 0.3 is 0 Å². The van der Waals surface area contributed by atoms with Gasteiger partial charge in [-0.2, -0.15) is 5.10 Å². The summed E-state index contributed by atoms with van der Waals surface area (Å²) in [6.45, 7) is 15.1. The Morgan fingerprint density at radius 1 is 0.949 bits per heavy atom. The smallest absolute Gasteiger partial charge is 0.240 e. The highest BCUT2D eigenvalue weighted by Crippen LogP contribution is 2.40. The zero-order chi connectivity index (χ0) is 29.0. The fourth-order valence-corrected chi connectivity index (χ4v) is 6.35. The predicted octanol–water partition coefficient (Wildman–Crippen LogP) is 8.17. The first kappa shape index (κ1) is 31.4. The molecule has 0 saturated carbocycles. The van der Waals surface area contributed by atoms with E-state index < -0.39 is 0 Å². The number of phenols is 1. The molecule has 3 aromatic carbocycles. The van der Waals surface area contributed by atoms with Crippen molar-refractivity contribution in [1.29, 1.82) is 0 Å². The standard InChI is InChI=1S/C32H38I2N2O3/c1-20-9-8-10-22(13-20)19-39-30-26(33)16-23(17-27(30)34)18-35-36-28(37)12-11-21-14-24(31(2,3)4)29(38)25(15-21)32(5,6)7/h8-10,13-18,38H,11-12,19H2,1-7H3,(H,36,37)/b35-18-. The highest BCUT2D eigenvalue weighted by molar-refractivity contribution is 14.1. The van der Waals surface area contributed by atoms with Crippen LogP contribution in [0.15, 0.2) is 53.6 Å². The third-order valence-electron chi connectivity index (χ3n) is 6.32. The maximum absolute atomic E-state index is 12.6. The quantitative estimate of drug-likeness (QED) is 0.139. The van der Waals surface area contributed by atoms with E-state index in [0.29, 0.717) is 25.2 Å². The molecule has 0 heterocycles. The van der Waals surface area contributed by atoms with Crippen LogP contribution in [0.25, 0.3) is 0 Å². The lowest BCUT2D eigenvalue weighted by atomic mass is 9.78.